The molecule has 4 amide bonds. The summed E-state index contributed by atoms with van der Waals surface area (Å²) in [5, 5.41) is 9.87. The van der Waals surface area contributed by atoms with Gasteiger partial charge in [0.05, 0.1) is 17.5 Å². The number of allylic oxidation sites excluding steroid dienone is 1. The SMILES string of the molecule is O=C(N[C@H]1CCCCC/C=C\[C@@H]2CC2(C(=O)NS(=O)(=O)C2CC2)NC(=O)[C@@H]2C[C@@H](O/N=C(/c3ccccc3)C3CCCCC3)CN2C1=O)OC1CCCC1. The van der Waals surface area contributed by atoms with E-state index in [0.29, 0.717) is 25.7 Å². The Kier molecular flexibility index (Phi) is 11.9. The van der Waals surface area contributed by atoms with Gasteiger partial charge in [-0.1, -0.05) is 79.7 Å². The number of rotatable bonds is 9. The average Bonchev–Trinajstić information content (AvgIpc) is 4.04. The number of oxime groups is 1. The van der Waals surface area contributed by atoms with Crippen LogP contribution in [0, 0.1) is 11.8 Å². The summed E-state index contributed by atoms with van der Waals surface area (Å²) in [7, 11) is -3.87. The molecule has 5 atom stereocenters. The lowest BCUT2D eigenvalue weighted by Gasteiger charge is -2.30. The minimum atomic E-state index is -3.87. The first kappa shape index (κ1) is 38.3. The zero-order valence-electron chi connectivity index (χ0n) is 31.1. The quantitative estimate of drug-likeness (QED) is 0.179. The summed E-state index contributed by atoms with van der Waals surface area (Å²) < 4.78 is 33.6. The van der Waals surface area contributed by atoms with E-state index in [0.717, 1.165) is 81.9 Å². The number of hydrogen-bond donors (Lipinski definition) is 3. The maximum atomic E-state index is 14.5. The van der Waals surface area contributed by atoms with Crippen LogP contribution in [0.5, 0.6) is 0 Å². The number of sulfonamides is 1. The Morgan fingerprint density at radius 1 is 0.870 bits per heavy atom. The van der Waals surface area contributed by atoms with Gasteiger partial charge in [0.15, 0.2) is 0 Å². The van der Waals surface area contributed by atoms with Crippen LogP contribution in [-0.4, -0.2) is 84.5 Å². The molecular formula is C40H55N5O8S. The number of fused-ring (bicyclic) bond motifs is 2. The number of ether oxygens (including phenoxy) is 1. The molecule has 0 aromatic heterocycles. The van der Waals surface area contributed by atoms with Crippen molar-refractivity contribution in [3.8, 4) is 0 Å². The van der Waals surface area contributed by atoms with Crippen LogP contribution in [0.1, 0.15) is 121 Å². The van der Waals surface area contributed by atoms with Gasteiger partial charge in [0, 0.05) is 18.3 Å². The molecule has 6 aliphatic rings. The van der Waals surface area contributed by atoms with E-state index >= 15 is 0 Å². The first-order chi connectivity index (χ1) is 26.1. The number of carbonyl (C=O) groups excluding carboxylic acids is 4. The van der Waals surface area contributed by atoms with Crippen molar-refractivity contribution in [3.05, 3.63) is 48.0 Å². The third kappa shape index (κ3) is 9.12. The molecule has 1 saturated heterocycles. The maximum Gasteiger partial charge on any atom is 0.408 e. The van der Waals surface area contributed by atoms with Gasteiger partial charge in [-0.15, -0.1) is 0 Å². The van der Waals surface area contributed by atoms with Gasteiger partial charge in [-0.25, -0.2) is 13.2 Å². The Morgan fingerprint density at radius 3 is 2.31 bits per heavy atom. The maximum absolute atomic E-state index is 14.5. The molecule has 2 heterocycles. The highest BCUT2D eigenvalue weighted by Crippen LogP contribution is 2.46. The second kappa shape index (κ2) is 16.8. The van der Waals surface area contributed by atoms with E-state index in [1.807, 2.05) is 42.5 Å². The zero-order chi connectivity index (χ0) is 37.7. The molecule has 2 aliphatic heterocycles. The first-order valence-electron chi connectivity index (χ1n) is 20.2. The Hall–Kier alpha value is -3.94. The molecule has 1 aromatic rings. The summed E-state index contributed by atoms with van der Waals surface area (Å²) in [6.45, 7) is 0.0433. The Labute approximate surface area is 318 Å². The lowest BCUT2D eigenvalue weighted by Crippen LogP contribution is -2.58. The third-order valence-electron chi connectivity index (χ3n) is 12.1. The highest BCUT2D eigenvalue weighted by molar-refractivity contribution is 7.91. The van der Waals surface area contributed by atoms with Gasteiger partial charge in [-0.05, 0) is 82.6 Å². The van der Waals surface area contributed by atoms with E-state index in [2.05, 4.69) is 15.4 Å². The van der Waals surface area contributed by atoms with Crippen molar-refractivity contribution in [1.29, 1.82) is 0 Å². The molecule has 294 valence electrons. The molecule has 1 aromatic carbocycles. The van der Waals surface area contributed by atoms with Crippen molar-refractivity contribution in [2.75, 3.05) is 6.54 Å². The minimum absolute atomic E-state index is 0.0433. The number of nitrogens with one attached hydrogen (secondary N) is 3. The van der Waals surface area contributed by atoms with Crippen molar-refractivity contribution >= 4 is 39.5 Å². The first-order valence-corrected chi connectivity index (χ1v) is 21.8. The predicted molar refractivity (Wildman–Crippen MR) is 201 cm³/mol. The largest absolute Gasteiger partial charge is 0.446 e. The van der Waals surface area contributed by atoms with E-state index in [9.17, 15) is 27.6 Å². The van der Waals surface area contributed by atoms with Gasteiger partial charge in [-0.2, -0.15) is 0 Å². The van der Waals surface area contributed by atoms with Crippen LogP contribution in [-0.2, 0) is 34.0 Å². The Balaban J connectivity index is 1.16. The number of carbonyl (C=O) groups is 4. The second-order valence-electron chi connectivity index (χ2n) is 16.2. The molecule has 4 aliphatic carbocycles. The number of amides is 4. The molecule has 0 bridgehead atoms. The summed E-state index contributed by atoms with van der Waals surface area (Å²) >= 11 is 0. The Bertz CT molecular complexity index is 1700. The number of nitrogens with zero attached hydrogens (tertiary/aromatic N) is 2. The normalized spacial score (nSPS) is 30.9. The molecule has 14 heteroatoms. The predicted octanol–water partition coefficient (Wildman–Crippen LogP) is 5.00. The number of alkyl carbamates (subject to hydrolysis) is 1. The zero-order valence-corrected chi connectivity index (χ0v) is 31.9. The minimum Gasteiger partial charge on any atom is -0.446 e. The summed E-state index contributed by atoms with van der Waals surface area (Å²) in [6, 6.07) is 7.93. The lowest BCUT2D eigenvalue weighted by molar-refractivity contribution is -0.141. The molecule has 3 N–H and O–H groups in total. The monoisotopic (exact) mass is 765 g/mol. The molecule has 4 saturated carbocycles. The van der Waals surface area contributed by atoms with E-state index < -0.39 is 68.7 Å². The van der Waals surface area contributed by atoms with Gasteiger partial charge in [-0.3, -0.25) is 19.1 Å². The van der Waals surface area contributed by atoms with E-state index in [1.54, 1.807) is 0 Å². The van der Waals surface area contributed by atoms with E-state index in [-0.39, 0.29) is 31.4 Å². The topological polar surface area (TPSA) is 173 Å². The molecule has 5 fully saturated rings. The van der Waals surface area contributed by atoms with Crippen LogP contribution in [0.4, 0.5) is 4.79 Å². The van der Waals surface area contributed by atoms with Crippen molar-refractivity contribution in [3.63, 3.8) is 0 Å². The molecular weight excluding hydrogens is 711 g/mol. The fourth-order valence-electron chi connectivity index (χ4n) is 8.65. The summed E-state index contributed by atoms with van der Waals surface area (Å²) in [5.74, 6) is -1.94. The molecule has 1 unspecified atom stereocenters. The van der Waals surface area contributed by atoms with Gasteiger partial charge in [0.25, 0.3) is 5.91 Å². The van der Waals surface area contributed by atoms with E-state index in [1.165, 1.54) is 11.3 Å². The highest BCUT2D eigenvalue weighted by atomic mass is 32.2. The molecule has 13 nitrogen and oxygen atoms in total. The summed E-state index contributed by atoms with van der Waals surface area (Å²) in [6.07, 6.45) is 16.0. The molecule has 0 radical (unpaired) electrons. The van der Waals surface area contributed by atoms with Crippen LogP contribution >= 0.6 is 0 Å². The van der Waals surface area contributed by atoms with E-state index in [4.69, 9.17) is 14.7 Å². The Morgan fingerprint density at radius 2 is 1.57 bits per heavy atom. The molecule has 7 rings (SSSR count). The van der Waals surface area contributed by atoms with Gasteiger partial charge >= 0.3 is 6.09 Å². The van der Waals surface area contributed by atoms with Crippen molar-refractivity contribution in [1.82, 2.24) is 20.3 Å². The highest BCUT2D eigenvalue weighted by Gasteiger charge is 2.62. The van der Waals surface area contributed by atoms with Crippen LogP contribution < -0.4 is 15.4 Å². The van der Waals surface area contributed by atoms with Gasteiger partial charge in [0.2, 0.25) is 21.8 Å². The summed E-state index contributed by atoms with van der Waals surface area (Å²) in [5.41, 5.74) is 0.356. The molecule has 0 spiro atoms. The van der Waals surface area contributed by atoms with Crippen molar-refractivity contribution in [2.24, 2.45) is 17.0 Å². The fraction of sp³-hybridized carbons (Fsp3) is 0.675. The second-order valence-corrected chi connectivity index (χ2v) is 18.1. The van der Waals surface area contributed by atoms with Crippen molar-refractivity contribution < 1.29 is 37.2 Å². The van der Waals surface area contributed by atoms with Crippen LogP contribution in [0.3, 0.4) is 0 Å². The molecule has 54 heavy (non-hydrogen) atoms. The number of hydrogen-bond acceptors (Lipinski definition) is 9. The van der Waals surface area contributed by atoms with Crippen LogP contribution in [0.2, 0.25) is 0 Å². The average molecular weight is 766 g/mol. The van der Waals surface area contributed by atoms with Gasteiger partial charge in [0.1, 0.15) is 29.8 Å². The smallest absolute Gasteiger partial charge is 0.408 e. The standard InChI is InChI=1S/C40H55N5O8S/c46-36-34-24-31(53-43-35(27-14-6-4-7-15-27)28-16-8-5-9-17-28)26-45(34)37(47)33(41-39(49)52-30-19-12-13-20-30)21-11-3-1-2-10-18-29-25-40(29,42-36)38(48)44-54(50,51)32-22-23-32/h4,6-7,10,14-15,18,28-34H,1-3,5,8-9,11-13,16-17,19-26H2,(H,41,49)(H,42,46)(H,44,48)/b18-10-,43-35-/t29-,31-,33+,34+,40?/m1/s1. The summed E-state index contributed by atoms with van der Waals surface area (Å²) in [4.78, 5) is 63.5. The van der Waals surface area contributed by atoms with Crippen LogP contribution in [0.25, 0.3) is 0 Å². The number of benzene rings is 1. The van der Waals surface area contributed by atoms with Crippen LogP contribution in [0.15, 0.2) is 47.6 Å². The third-order valence-corrected chi connectivity index (χ3v) is 13.9. The lowest BCUT2D eigenvalue weighted by atomic mass is 9.83. The fourth-order valence-corrected chi connectivity index (χ4v) is 10.0. The van der Waals surface area contributed by atoms with Gasteiger partial charge < -0.3 is 25.1 Å². The van der Waals surface area contributed by atoms with Crippen molar-refractivity contribution in [2.45, 2.75) is 151 Å².